The third kappa shape index (κ3) is 4.63. The van der Waals surface area contributed by atoms with E-state index in [0.29, 0.717) is 6.04 Å². The van der Waals surface area contributed by atoms with E-state index in [1.807, 2.05) is 0 Å². The lowest BCUT2D eigenvalue weighted by atomic mass is 9.81. The quantitative estimate of drug-likeness (QED) is 0.617. The van der Waals surface area contributed by atoms with Gasteiger partial charge in [-0.05, 0) is 50.6 Å². The highest BCUT2D eigenvalue weighted by atomic mass is 14.9. The van der Waals surface area contributed by atoms with Crippen molar-refractivity contribution in [2.24, 2.45) is 17.6 Å². The second kappa shape index (κ2) is 5.61. The summed E-state index contributed by atoms with van der Waals surface area (Å²) >= 11 is 0. The van der Waals surface area contributed by atoms with E-state index in [0.717, 1.165) is 11.8 Å². The second-order valence-electron chi connectivity index (χ2n) is 4.84. The fourth-order valence-corrected chi connectivity index (χ4v) is 1.90. The molecule has 0 unspecified atom stereocenters. The zero-order valence-corrected chi connectivity index (χ0v) is 9.05. The largest absolute Gasteiger partial charge is 0.328 e. The molecule has 1 rings (SSSR count). The molecule has 0 amide bonds. The van der Waals surface area contributed by atoms with Gasteiger partial charge in [-0.2, -0.15) is 0 Å². The van der Waals surface area contributed by atoms with Crippen LogP contribution in [0.15, 0.2) is 0 Å². The third-order valence-corrected chi connectivity index (χ3v) is 2.84. The summed E-state index contributed by atoms with van der Waals surface area (Å²) in [6.45, 7) is 6.94. The molecule has 1 saturated carbocycles. The second-order valence-corrected chi connectivity index (χ2v) is 4.84. The summed E-state index contributed by atoms with van der Waals surface area (Å²) in [5.74, 6) is 1.72. The summed E-state index contributed by atoms with van der Waals surface area (Å²) in [5.41, 5.74) is 5.71. The maximum absolute atomic E-state index is 5.71. The van der Waals surface area contributed by atoms with Gasteiger partial charge in [0.05, 0.1) is 0 Å². The van der Waals surface area contributed by atoms with E-state index in [1.54, 1.807) is 0 Å². The summed E-state index contributed by atoms with van der Waals surface area (Å²) in [7, 11) is 0. The Morgan fingerprint density at radius 2 is 2.08 bits per heavy atom. The molecule has 0 saturated heterocycles. The molecule has 78 valence electrons. The van der Waals surface area contributed by atoms with Gasteiger partial charge >= 0.3 is 0 Å². The van der Waals surface area contributed by atoms with Crippen LogP contribution >= 0.6 is 0 Å². The Hall–Kier alpha value is -0.0800. The highest BCUT2D eigenvalue weighted by Gasteiger charge is 2.24. The maximum atomic E-state index is 5.71. The highest BCUT2D eigenvalue weighted by Crippen LogP contribution is 2.24. The fraction of sp³-hybridized carbons (Fsp3) is 1.00. The summed E-state index contributed by atoms with van der Waals surface area (Å²) in [5, 5.41) is 3.51. The van der Waals surface area contributed by atoms with Gasteiger partial charge in [0.25, 0.3) is 0 Å². The number of hydrogen-bond acceptors (Lipinski definition) is 2. The first kappa shape index (κ1) is 11.0. The van der Waals surface area contributed by atoms with Crippen LogP contribution in [0.4, 0.5) is 0 Å². The molecule has 1 aliphatic carbocycles. The molecule has 2 heteroatoms. The van der Waals surface area contributed by atoms with Crippen LogP contribution in [0.1, 0.15) is 39.5 Å². The van der Waals surface area contributed by atoms with E-state index in [1.165, 1.54) is 38.8 Å². The Morgan fingerprint density at radius 3 is 2.62 bits per heavy atom. The molecule has 0 aliphatic heterocycles. The van der Waals surface area contributed by atoms with Crippen LogP contribution in [0.2, 0.25) is 0 Å². The Labute approximate surface area is 82.3 Å². The molecule has 0 bridgehead atoms. The van der Waals surface area contributed by atoms with Crippen LogP contribution in [-0.2, 0) is 0 Å². The van der Waals surface area contributed by atoms with E-state index < -0.39 is 0 Å². The lowest BCUT2D eigenvalue weighted by Gasteiger charge is -2.32. The average molecular weight is 184 g/mol. The van der Waals surface area contributed by atoms with E-state index in [-0.39, 0.29) is 0 Å². The zero-order chi connectivity index (χ0) is 9.68. The predicted molar refractivity (Wildman–Crippen MR) is 57.6 cm³/mol. The molecular weight excluding hydrogens is 160 g/mol. The van der Waals surface area contributed by atoms with Gasteiger partial charge < -0.3 is 11.1 Å². The molecule has 13 heavy (non-hydrogen) atoms. The van der Waals surface area contributed by atoms with Crippen LogP contribution in [0.5, 0.6) is 0 Å². The van der Waals surface area contributed by atoms with Gasteiger partial charge in [0.2, 0.25) is 0 Å². The van der Waals surface area contributed by atoms with Gasteiger partial charge in [0, 0.05) is 6.04 Å². The number of hydrogen-bond donors (Lipinski definition) is 2. The Kier molecular flexibility index (Phi) is 4.74. The highest BCUT2D eigenvalue weighted by molar-refractivity contribution is 4.83. The molecule has 0 radical (unpaired) electrons. The lowest BCUT2D eigenvalue weighted by molar-refractivity contribution is 0.256. The number of nitrogens with one attached hydrogen (secondary N) is 1. The van der Waals surface area contributed by atoms with Gasteiger partial charge in [-0.1, -0.05) is 13.8 Å². The van der Waals surface area contributed by atoms with Crippen LogP contribution in [0, 0.1) is 11.8 Å². The number of nitrogens with two attached hydrogens (primary N) is 1. The fourth-order valence-electron chi connectivity index (χ4n) is 1.90. The Balaban J connectivity index is 1.79. The van der Waals surface area contributed by atoms with Crippen molar-refractivity contribution in [1.29, 1.82) is 0 Å². The first-order valence-electron chi connectivity index (χ1n) is 5.64. The zero-order valence-electron chi connectivity index (χ0n) is 9.05. The molecule has 0 aromatic carbocycles. The van der Waals surface area contributed by atoms with E-state index in [4.69, 9.17) is 5.73 Å². The molecule has 2 nitrogen and oxygen atoms in total. The van der Waals surface area contributed by atoms with Crippen LogP contribution in [-0.4, -0.2) is 19.1 Å². The summed E-state index contributed by atoms with van der Waals surface area (Å²) < 4.78 is 0. The van der Waals surface area contributed by atoms with Crippen molar-refractivity contribution in [2.75, 3.05) is 13.1 Å². The molecule has 0 spiro atoms. The monoisotopic (exact) mass is 184 g/mol. The minimum Gasteiger partial charge on any atom is -0.328 e. The van der Waals surface area contributed by atoms with E-state index in [9.17, 15) is 0 Å². The van der Waals surface area contributed by atoms with Crippen LogP contribution < -0.4 is 11.1 Å². The van der Waals surface area contributed by atoms with Gasteiger partial charge in [0.15, 0.2) is 0 Å². The van der Waals surface area contributed by atoms with Crippen molar-refractivity contribution < 1.29 is 0 Å². The summed E-state index contributed by atoms with van der Waals surface area (Å²) in [6.07, 6.45) is 5.13. The third-order valence-electron chi connectivity index (χ3n) is 2.84. The van der Waals surface area contributed by atoms with Crippen molar-refractivity contribution in [1.82, 2.24) is 5.32 Å². The molecule has 0 aromatic heterocycles. The standard InChI is InChI=1S/C11H24N2/c1-9(2)4-3-5-13-8-10-6-11(12)7-10/h9-11,13H,3-8,12H2,1-2H3. The van der Waals surface area contributed by atoms with Gasteiger partial charge in [-0.3, -0.25) is 0 Å². The smallest absolute Gasteiger partial charge is 0.00450 e. The van der Waals surface area contributed by atoms with Crippen molar-refractivity contribution in [2.45, 2.75) is 45.6 Å². The maximum Gasteiger partial charge on any atom is 0.00450 e. The first-order chi connectivity index (χ1) is 6.18. The minimum absolute atomic E-state index is 0.502. The van der Waals surface area contributed by atoms with E-state index >= 15 is 0 Å². The molecular formula is C11H24N2. The van der Waals surface area contributed by atoms with Crippen molar-refractivity contribution in [3.8, 4) is 0 Å². The number of rotatable bonds is 6. The van der Waals surface area contributed by atoms with Crippen molar-refractivity contribution >= 4 is 0 Å². The van der Waals surface area contributed by atoms with Crippen molar-refractivity contribution in [3.63, 3.8) is 0 Å². The van der Waals surface area contributed by atoms with Gasteiger partial charge in [-0.25, -0.2) is 0 Å². The van der Waals surface area contributed by atoms with Gasteiger partial charge in [-0.15, -0.1) is 0 Å². The van der Waals surface area contributed by atoms with E-state index in [2.05, 4.69) is 19.2 Å². The minimum atomic E-state index is 0.502. The molecule has 1 aliphatic rings. The topological polar surface area (TPSA) is 38.0 Å². The SMILES string of the molecule is CC(C)CCCNCC1CC(N)C1. The molecule has 0 heterocycles. The molecule has 0 atom stereocenters. The Morgan fingerprint density at radius 1 is 1.38 bits per heavy atom. The van der Waals surface area contributed by atoms with Crippen LogP contribution in [0.3, 0.4) is 0 Å². The lowest BCUT2D eigenvalue weighted by Crippen LogP contribution is -2.41. The molecule has 0 aromatic rings. The first-order valence-corrected chi connectivity index (χ1v) is 5.64. The molecule has 3 N–H and O–H groups in total. The van der Waals surface area contributed by atoms with Crippen LogP contribution in [0.25, 0.3) is 0 Å². The average Bonchev–Trinajstić information content (AvgIpc) is 1.99. The summed E-state index contributed by atoms with van der Waals surface area (Å²) in [6, 6.07) is 0.502. The predicted octanol–water partition coefficient (Wildman–Crippen LogP) is 1.75. The normalized spacial score (nSPS) is 27.7. The van der Waals surface area contributed by atoms with Crippen molar-refractivity contribution in [3.05, 3.63) is 0 Å². The Bertz CT molecular complexity index is 128. The van der Waals surface area contributed by atoms with Gasteiger partial charge in [0.1, 0.15) is 0 Å². The molecule has 1 fully saturated rings. The summed E-state index contributed by atoms with van der Waals surface area (Å²) in [4.78, 5) is 0.